The van der Waals surface area contributed by atoms with E-state index in [1.807, 2.05) is 12.3 Å². The van der Waals surface area contributed by atoms with Crippen molar-refractivity contribution in [3.05, 3.63) is 24.0 Å². The van der Waals surface area contributed by atoms with Crippen LogP contribution in [-0.4, -0.2) is 30.0 Å². The van der Waals surface area contributed by atoms with E-state index in [1.54, 1.807) is 6.20 Å². The van der Waals surface area contributed by atoms with Crippen LogP contribution in [0.25, 0.3) is 0 Å². The third-order valence-electron chi connectivity index (χ3n) is 4.65. The fraction of sp³-hybridized carbons (Fsp3) is 0.647. The van der Waals surface area contributed by atoms with Crippen molar-refractivity contribution < 1.29 is 4.79 Å². The molecular weight excluding hydrogens is 262 g/mol. The van der Waals surface area contributed by atoms with Crippen LogP contribution in [0.5, 0.6) is 0 Å². The lowest BCUT2D eigenvalue weighted by atomic mass is 9.95. The molecule has 2 heterocycles. The average Bonchev–Trinajstić information content (AvgIpc) is 2.57. The van der Waals surface area contributed by atoms with E-state index in [1.165, 1.54) is 38.5 Å². The minimum atomic E-state index is 0.0354. The van der Waals surface area contributed by atoms with Crippen molar-refractivity contribution in [1.82, 2.24) is 10.3 Å². The lowest BCUT2D eigenvalue weighted by Gasteiger charge is -2.28. The Balaban J connectivity index is 1.65. The van der Waals surface area contributed by atoms with E-state index in [-0.39, 0.29) is 5.91 Å². The second-order valence-corrected chi connectivity index (χ2v) is 6.29. The van der Waals surface area contributed by atoms with Gasteiger partial charge >= 0.3 is 0 Å². The van der Waals surface area contributed by atoms with E-state index in [0.29, 0.717) is 11.6 Å². The largest absolute Gasteiger partial charge is 0.370 e. The first kappa shape index (κ1) is 14.4. The van der Waals surface area contributed by atoms with Crippen LogP contribution in [0.1, 0.15) is 61.7 Å². The smallest absolute Gasteiger partial charge is 0.253 e. The quantitative estimate of drug-likeness (QED) is 0.929. The molecule has 1 aromatic heterocycles. The van der Waals surface area contributed by atoms with Gasteiger partial charge in [-0.2, -0.15) is 0 Å². The molecule has 0 atom stereocenters. The molecule has 1 amide bonds. The Morgan fingerprint density at radius 2 is 1.76 bits per heavy atom. The van der Waals surface area contributed by atoms with E-state index in [9.17, 15) is 4.79 Å². The van der Waals surface area contributed by atoms with E-state index < -0.39 is 0 Å². The van der Waals surface area contributed by atoms with Gasteiger partial charge in [-0.25, -0.2) is 0 Å². The SMILES string of the molecule is O=C(NC1CCCCC1)c1cncc(N2CCCCC2)c1. The minimum absolute atomic E-state index is 0.0354. The first-order chi connectivity index (χ1) is 10.3. The normalized spacial score (nSPS) is 20.3. The average molecular weight is 287 g/mol. The zero-order chi connectivity index (χ0) is 14.5. The van der Waals surface area contributed by atoms with Crippen LogP contribution in [0.2, 0.25) is 0 Å². The molecule has 1 aromatic rings. The Labute approximate surface area is 126 Å². The van der Waals surface area contributed by atoms with Gasteiger partial charge in [-0.1, -0.05) is 19.3 Å². The standard InChI is InChI=1S/C17H25N3O/c21-17(19-15-7-3-1-4-8-15)14-11-16(13-18-12-14)20-9-5-2-6-10-20/h11-13,15H,1-10H2,(H,19,21). The van der Waals surface area contributed by atoms with Crippen LogP contribution in [0.4, 0.5) is 5.69 Å². The van der Waals surface area contributed by atoms with Crippen LogP contribution in [0, 0.1) is 0 Å². The van der Waals surface area contributed by atoms with E-state index in [4.69, 9.17) is 0 Å². The monoisotopic (exact) mass is 287 g/mol. The van der Waals surface area contributed by atoms with Crippen LogP contribution < -0.4 is 10.2 Å². The van der Waals surface area contributed by atoms with E-state index >= 15 is 0 Å². The zero-order valence-electron chi connectivity index (χ0n) is 12.7. The van der Waals surface area contributed by atoms with Crippen molar-refractivity contribution in [2.24, 2.45) is 0 Å². The Morgan fingerprint density at radius 1 is 1.05 bits per heavy atom. The summed E-state index contributed by atoms with van der Waals surface area (Å²) in [6, 6.07) is 2.35. The number of pyridine rings is 1. The number of anilines is 1. The second-order valence-electron chi connectivity index (χ2n) is 6.29. The number of carbonyl (C=O) groups is 1. The Hall–Kier alpha value is -1.58. The summed E-state index contributed by atoms with van der Waals surface area (Å²) in [6.07, 6.45) is 13.3. The number of hydrogen-bond acceptors (Lipinski definition) is 3. The number of piperidine rings is 1. The highest BCUT2D eigenvalue weighted by molar-refractivity contribution is 5.94. The molecular formula is C17H25N3O. The number of carbonyl (C=O) groups excluding carboxylic acids is 1. The molecule has 0 aromatic carbocycles. The predicted octanol–water partition coefficient (Wildman–Crippen LogP) is 3.13. The Morgan fingerprint density at radius 3 is 2.52 bits per heavy atom. The summed E-state index contributed by atoms with van der Waals surface area (Å²) in [5.74, 6) is 0.0354. The van der Waals surface area contributed by atoms with Gasteiger partial charge in [0, 0.05) is 25.3 Å². The second kappa shape index (κ2) is 6.92. The molecule has 4 nitrogen and oxygen atoms in total. The van der Waals surface area contributed by atoms with Crippen molar-refractivity contribution in [2.45, 2.75) is 57.4 Å². The topological polar surface area (TPSA) is 45.2 Å². The highest BCUT2D eigenvalue weighted by atomic mass is 16.1. The number of amides is 1. The summed E-state index contributed by atoms with van der Waals surface area (Å²) in [7, 11) is 0. The molecule has 4 heteroatoms. The summed E-state index contributed by atoms with van der Waals surface area (Å²) in [4.78, 5) is 19.0. The van der Waals surface area contributed by atoms with Crippen LogP contribution in [0.15, 0.2) is 18.5 Å². The molecule has 114 valence electrons. The minimum Gasteiger partial charge on any atom is -0.370 e. The van der Waals surface area contributed by atoms with Gasteiger partial charge in [-0.3, -0.25) is 9.78 Å². The molecule has 2 fully saturated rings. The maximum Gasteiger partial charge on any atom is 0.253 e. The third kappa shape index (κ3) is 3.74. The first-order valence-corrected chi connectivity index (χ1v) is 8.34. The van der Waals surface area contributed by atoms with Crippen molar-refractivity contribution >= 4 is 11.6 Å². The lowest BCUT2D eigenvalue weighted by molar-refractivity contribution is 0.0927. The van der Waals surface area contributed by atoms with Crippen molar-refractivity contribution in [3.63, 3.8) is 0 Å². The van der Waals surface area contributed by atoms with Gasteiger partial charge in [-0.05, 0) is 38.2 Å². The number of aromatic nitrogens is 1. The summed E-state index contributed by atoms with van der Waals surface area (Å²) in [6.45, 7) is 2.16. The molecule has 1 aliphatic heterocycles. The van der Waals surface area contributed by atoms with Gasteiger partial charge in [-0.15, -0.1) is 0 Å². The number of rotatable bonds is 3. The molecule has 2 aliphatic rings. The van der Waals surface area contributed by atoms with Crippen molar-refractivity contribution in [1.29, 1.82) is 0 Å². The molecule has 1 saturated heterocycles. The molecule has 0 spiro atoms. The zero-order valence-corrected chi connectivity index (χ0v) is 12.7. The maximum absolute atomic E-state index is 12.4. The van der Waals surface area contributed by atoms with Crippen molar-refractivity contribution in [3.8, 4) is 0 Å². The number of hydrogen-bond donors (Lipinski definition) is 1. The van der Waals surface area contributed by atoms with Gasteiger partial charge < -0.3 is 10.2 Å². The van der Waals surface area contributed by atoms with Gasteiger partial charge in [0.15, 0.2) is 0 Å². The highest BCUT2D eigenvalue weighted by Crippen LogP contribution is 2.21. The predicted molar refractivity (Wildman–Crippen MR) is 84.6 cm³/mol. The summed E-state index contributed by atoms with van der Waals surface area (Å²) >= 11 is 0. The highest BCUT2D eigenvalue weighted by Gasteiger charge is 2.18. The molecule has 0 radical (unpaired) electrons. The summed E-state index contributed by atoms with van der Waals surface area (Å²) in [5, 5.41) is 3.17. The Bertz CT molecular complexity index is 477. The van der Waals surface area contributed by atoms with E-state index in [2.05, 4.69) is 15.2 Å². The molecule has 1 N–H and O–H groups in total. The fourth-order valence-corrected chi connectivity index (χ4v) is 3.39. The molecule has 21 heavy (non-hydrogen) atoms. The van der Waals surface area contributed by atoms with Gasteiger partial charge in [0.25, 0.3) is 5.91 Å². The third-order valence-corrected chi connectivity index (χ3v) is 4.65. The van der Waals surface area contributed by atoms with Crippen molar-refractivity contribution in [2.75, 3.05) is 18.0 Å². The molecule has 0 bridgehead atoms. The first-order valence-electron chi connectivity index (χ1n) is 8.34. The summed E-state index contributed by atoms with van der Waals surface area (Å²) < 4.78 is 0. The molecule has 0 unspecified atom stereocenters. The summed E-state index contributed by atoms with van der Waals surface area (Å²) in [5.41, 5.74) is 1.79. The fourth-order valence-electron chi connectivity index (χ4n) is 3.39. The lowest BCUT2D eigenvalue weighted by Crippen LogP contribution is -2.36. The molecule has 1 aliphatic carbocycles. The van der Waals surface area contributed by atoms with Crippen LogP contribution in [0.3, 0.4) is 0 Å². The molecule has 1 saturated carbocycles. The van der Waals surface area contributed by atoms with Gasteiger partial charge in [0.05, 0.1) is 17.4 Å². The molecule has 3 rings (SSSR count). The Kier molecular flexibility index (Phi) is 4.73. The number of nitrogens with one attached hydrogen (secondary N) is 1. The maximum atomic E-state index is 12.4. The van der Waals surface area contributed by atoms with E-state index in [0.717, 1.165) is 31.6 Å². The van der Waals surface area contributed by atoms with Gasteiger partial charge in [0.1, 0.15) is 0 Å². The van der Waals surface area contributed by atoms with Crippen LogP contribution in [-0.2, 0) is 0 Å². The van der Waals surface area contributed by atoms with Gasteiger partial charge in [0.2, 0.25) is 0 Å². The van der Waals surface area contributed by atoms with Crippen LogP contribution >= 0.6 is 0 Å². The number of nitrogens with zero attached hydrogens (tertiary/aromatic N) is 2.